The van der Waals surface area contributed by atoms with Crippen molar-refractivity contribution in [2.75, 3.05) is 4.90 Å². The lowest BCUT2D eigenvalue weighted by molar-refractivity contribution is 1.05. The molecule has 0 spiro atoms. The monoisotopic (exact) mass is 818 g/mol. The van der Waals surface area contributed by atoms with Gasteiger partial charge in [0.05, 0.1) is 16.7 Å². The first kappa shape index (κ1) is 37.1. The van der Waals surface area contributed by atoms with Gasteiger partial charge in [-0.2, -0.15) is 0 Å². The molecule has 12 aromatic rings. The Hall–Kier alpha value is -8.74. The highest BCUT2D eigenvalue weighted by molar-refractivity contribution is 6.11. The summed E-state index contributed by atoms with van der Waals surface area (Å²) in [5.41, 5.74) is 9.97. The molecule has 0 fully saturated rings. The van der Waals surface area contributed by atoms with E-state index in [1.807, 2.05) is 42.5 Å². The van der Waals surface area contributed by atoms with Crippen molar-refractivity contribution < 1.29 is 0 Å². The van der Waals surface area contributed by atoms with E-state index in [1.165, 1.54) is 21.5 Å². The molecule has 3 aromatic heterocycles. The lowest BCUT2D eigenvalue weighted by Crippen LogP contribution is -2.13. The smallest absolute Gasteiger partial charge is 0.182 e. The van der Waals surface area contributed by atoms with Gasteiger partial charge in [0.1, 0.15) is 11.5 Å². The molecular formula is C58H38N6. The average molecular weight is 819 g/mol. The summed E-state index contributed by atoms with van der Waals surface area (Å²) in [5.74, 6) is 2.37. The van der Waals surface area contributed by atoms with Crippen LogP contribution in [0, 0.1) is 0 Å². The molecule has 0 unspecified atom stereocenters. The van der Waals surface area contributed by atoms with Crippen LogP contribution >= 0.6 is 0 Å². The molecular weight excluding hydrogens is 781 g/mol. The fraction of sp³-hybridized carbons (Fsp3) is 0. The minimum atomic E-state index is 0.485. The normalized spacial score (nSPS) is 11.4. The van der Waals surface area contributed by atoms with Crippen LogP contribution in [0.4, 0.5) is 17.2 Å². The van der Waals surface area contributed by atoms with E-state index >= 15 is 0 Å². The second-order valence-corrected chi connectivity index (χ2v) is 15.9. The molecule has 9 aromatic carbocycles. The minimum Gasteiger partial charge on any atom is -0.309 e. The highest BCUT2D eigenvalue weighted by Crippen LogP contribution is 2.42. The van der Waals surface area contributed by atoms with Gasteiger partial charge in [0.2, 0.25) is 0 Å². The standard InChI is InChI=1S/C58H38N6/c1-4-17-39(18-5-1)47-25-12-14-28-52(47)64(45-35-33-41-32-31-40-19-10-11-24-46(40)49(41)38-45)55-30-16-27-51(59-55)58-61-56(42-20-6-2-7-21-42)60-57(62-58)43-34-36-54-50(37-43)48-26-13-15-29-53(48)63(54)44-22-8-3-9-23-44/h1-38H. The van der Waals surface area contributed by atoms with E-state index < -0.39 is 0 Å². The number of benzene rings is 9. The molecule has 0 atom stereocenters. The molecule has 0 saturated heterocycles. The molecule has 0 saturated carbocycles. The topological polar surface area (TPSA) is 59.7 Å². The van der Waals surface area contributed by atoms with Crippen molar-refractivity contribution in [3.8, 4) is 51.1 Å². The van der Waals surface area contributed by atoms with Gasteiger partial charge in [-0.15, -0.1) is 0 Å². The molecule has 0 bridgehead atoms. The Labute approximate surface area is 370 Å². The molecule has 6 nitrogen and oxygen atoms in total. The number of fused-ring (bicyclic) bond motifs is 6. The Bertz CT molecular complexity index is 3680. The zero-order valence-corrected chi connectivity index (χ0v) is 34.6. The van der Waals surface area contributed by atoms with Crippen LogP contribution in [0.1, 0.15) is 0 Å². The summed E-state index contributed by atoms with van der Waals surface area (Å²) in [4.78, 5) is 23.2. The molecule has 300 valence electrons. The Kier molecular flexibility index (Phi) is 9.05. The summed E-state index contributed by atoms with van der Waals surface area (Å²) in [6, 6.07) is 80.5. The largest absolute Gasteiger partial charge is 0.309 e. The van der Waals surface area contributed by atoms with Gasteiger partial charge < -0.3 is 4.57 Å². The van der Waals surface area contributed by atoms with Crippen molar-refractivity contribution >= 4 is 60.5 Å². The highest BCUT2D eigenvalue weighted by atomic mass is 15.2. The summed E-state index contributed by atoms with van der Waals surface area (Å²) in [6.07, 6.45) is 0. The third-order valence-electron chi connectivity index (χ3n) is 12.0. The summed E-state index contributed by atoms with van der Waals surface area (Å²) in [5, 5.41) is 7.03. The first-order valence-corrected chi connectivity index (χ1v) is 21.5. The third kappa shape index (κ3) is 6.53. The second kappa shape index (κ2) is 15.6. The van der Waals surface area contributed by atoms with Gasteiger partial charge in [0.25, 0.3) is 0 Å². The first-order valence-electron chi connectivity index (χ1n) is 21.5. The van der Waals surface area contributed by atoms with Gasteiger partial charge in [-0.3, -0.25) is 4.90 Å². The van der Waals surface area contributed by atoms with Gasteiger partial charge >= 0.3 is 0 Å². The third-order valence-corrected chi connectivity index (χ3v) is 12.0. The minimum absolute atomic E-state index is 0.485. The van der Waals surface area contributed by atoms with Crippen LogP contribution in [0.2, 0.25) is 0 Å². The predicted molar refractivity (Wildman–Crippen MR) is 263 cm³/mol. The molecule has 0 radical (unpaired) electrons. The molecule has 0 aliphatic heterocycles. The summed E-state index contributed by atoms with van der Waals surface area (Å²) >= 11 is 0. The zero-order chi connectivity index (χ0) is 42.4. The summed E-state index contributed by atoms with van der Waals surface area (Å²) in [6.45, 7) is 0. The van der Waals surface area contributed by atoms with Gasteiger partial charge in [-0.25, -0.2) is 19.9 Å². The number of hydrogen-bond donors (Lipinski definition) is 0. The average Bonchev–Trinajstić information content (AvgIpc) is 3.71. The number of hydrogen-bond acceptors (Lipinski definition) is 5. The van der Waals surface area contributed by atoms with Gasteiger partial charge in [0.15, 0.2) is 17.5 Å². The van der Waals surface area contributed by atoms with E-state index in [0.29, 0.717) is 23.2 Å². The Morgan fingerprint density at radius 3 is 1.77 bits per heavy atom. The predicted octanol–water partition coefficient (Wildman–Crippen LogP) is 14.8. The van der Waals surface area contributed by atoms with Crippen molar-refractivity contribution in [2.45, 2.75) is 0 Å². The van der Waals surface area contributed by atoms with Crippen LogP contribution in [0.15, 0.2) is 231 Å². The van der Waals surface area contributed by atoms with E-state index in [4.69, 9.17) is 19.9 Å². The van der Waals surface area contributed by atoms with Crippen molar-refractivity contribution in [3.05, 3.63) is 231 Å². The van der Waals surface area contributed by atoms with Crippen LogP contribution in [0.5, 0.6) is 0 Å². The van der Waals surface area contributed by atoms with Crippen LogP contribution < -0.4 is 4.90 Å². The number of aromatic nitrogens is 5. The van der Waals surface area contributed by atoms with E-state index in [0.717, 1.165) is 66.9 Å². The number of nitrogens with zero attached hydrogens (tertiary/aromatic N) is 6. The van der Waals surface area contributed by atoms with Gasteiger partial charge in [0, 0.05) is 38.8 Å². The zero-order valence-electron chi connectivity index (χ0n) is 34.6. The van der Waals surface area contributed by atoms with Crippen LogP contribution in [-0.4, -0.2) is 24.5 Å². The number of para-hydroxylation sites is 3. The number of anilines is 3. The molecule has 0 amide bonds. The van der Waals surface area contributed by atoms with E-state index in [-0.39, 0.29) is 0 Å². The molecule has 64 heavy (non-hydrogen) atoms. The fourth-order valence-corrected chi connectivity index (χ4v) is 9.03. The van der Waals surface area contributed by atoms with E-state index in [2.05, 4.69) is 198 Å². The summed E-state index contributed by atoms with van der Waals surface area (Å²) < 4.78 is 2.32. The molecule has 3 heterocycles. The van der Waals surface area contributed by atoms with Crippen molar-refractivity contribution in [3.63, 3.8) is 0 Å². The quantitative estimate of drug-likeness (QED) is 0.143. The maximum Gasteiger partial charge on any atom is 0.182 e. The SMILES string of the molecule is c1ccc(-c2nc(-c3ccc4c(c3)c3ccccc3n4-c3ccccc3)nc(-c3cccc(N(c4ccc5ccc6ccccc6c5c4)c4ccccc4-c4ccccc4)n3)n2)cc1. The number of pyridine rings is 1. The Morgan fingerprint density at radius 1 is 0.344 bits per heavy atom. The van der Waals surface area contributed by atoms with Crippen molar-refractivity contribution in [1.29, 1.82) is 0 Å². The Balaban J connectivity index is 1.05. The van der Waals surface area contributed by atoms with Gasteiger partial charge in [-0.1, -0.05) is 164 Å². The lowest BCUT2D eigenvalue weighted by Gasteiger charge is -2.27. The Morgan fingerprint density at radius 2 is 0.953 bits per heavy atom. The molecule has 12 rings (SSSR count). The second-order valence-electron chi connectivity index (χ2n) is 15.9. The maximum absolute atomic E-state index is 5.44. The van der Waals surface area contributed by atoms with Crippen molar-refractivity contribution in [2.24, 2.45) is 0 Å². The first-order chi connectivity index (χ1) is 31.7. The van der Waals surface area contributed by atoms with Crippen LogP contribution in [0.25, 0.3) is 94.5 Å². The lowest BCUT2D eigenvalue weighted by atomic mass is 10.00. The molecule has 6 heteroatoms. The molecule has 0 N–H and O–H groups in total. The van der Waals surface area contributed by atoms with Gasteiger partial charge in [-0.05, 0) is 93.8 Å². The van der Waals surface area contributed by atoms with E-state index in [9.17, 15) is 0 Å². The van der Waals surface area contributed by atoms with Crippen LogP contribution in [-0.2, 0) is 0 Å². The molecule has 0 aliphatic carbocycles. The highest BCUT2D eigenvalue weighted by Gasteiger charge is 2.22. The van der Waals surface area contributed by atoms with Crippen LogP contribution in [0.3, 0.4) is 0 Å². The summed E-state index contributed by atoms with van der Waals surface area (Å²) in [7, 11) is 0. The van der Waals surface area contributed by atoms with E-state index in [1.54, 1.807) is 0 Å². The maximum atomic E-state index is 5.44. The number of rotatable bonds is 8. The molecule has 0 aliphatic rings. The fourth-order valence-electron chi connectivity index (χ4n) is 9.03. The van der Waals surface area contributed by atoms with Crippen molar-refractivity contribution in [1.82, 2.24) is 24.5 Å².